The molecule has 3 aliphatic rings. The molecule has 1 N–H and O–H groups in total. The number of nitrogens with zero attached hydrogens (tertiary/aromatic N) is 3. The molecule has 0 radical (unpaired) electrons. The standard InChI is InChI=1S/C31H38BF2N3O5/c1-18(38)40-22-10-7-20(8-11-22)37-26-13-6-19(32-41-30(2,3)31(4,5)42-32)16-25(26)35-29(37)27-14-15-28(39)36(27)21-9-12-23(33)24(34)17-21/h6,9,12-13,16-17,20,22,27-28,39H,7-8,10-11,14-15H2,1-5H3/t20?,22?,27-,28?/m0/s1. The van der Waals surface area contributed by atoms with Gasteiger partial charge in [0.2, 0.25) is 0 Å². The maximum Gasteiger partial charge on any atom is 0.494 e. The first-order chi connectivity index (χ1) is 19.8. The van der Waals surface area contributed by atoms with Crippen LogP contribution in [0.4, 0.5) is 14.5 Å². The predicted octanol–water partition coefficient (Wildman–Crippen LogP) is 5.32. The van der Waals surface area contributed by atoms with Gasteiger partial charge in [0.25, 0.3) is 0 Å². The molecule has 224 valence electrons. The van der Waals surface area contributed by atoms with Crippen LogP contribution in [0.2, 0.25) is 0 Å². The number of rotatable bonds is 5. The molecule has 0 amide bonds. The van der Waals surface area contributed by atoms with Crippen molar-refractivity contribution in [2.45, 2.75) is 109 Å². The number of hydrogen-bond donors (Lipinski definition) is 1. The van der Waals surface area contributed by atoms with E-state index >= 15 is 0 Å². The molecule has 2 atom stereocenters. The highest BCUT2D eigenvalue weighted by atomic mass is 19.2. The fraction of sp³-hybridized carbons (Fsp3) is 0.548. The summed E-state index contributed by atoms with van der Waals surface area (Å²) in [5.74, 6) is -1.41. The van der Waals surface area contributed by atoms with E-state index in [2.05, 4.69) is 4.57 Å². The fourth-order valence-corrected chi connectivity index (χ4v) is 6.58. The summed E-state index contributed by atoms with van der Waals surface area (Å²) < 4.78 is 48.4. The zero-order chi connectivity index (χ0) is 30.0. The molecule has 42 heavy (non-hydrogen) atoms. The summed E-state index contributed by atoms with van der Waals surface area (Å²) in [5, 5.41) is 11.0. The summed E-state index contributed by atoms with van der Waals surface area (Å²) in [6.45, 7) is 9.50. The second kappa shape index (κ2) is 10.6. The lowest BCUT2D eigenvalue weighted by atomic mass is 9.79. The van der Waals surface area contributed by atoms with Gasteiger partial charge in [-0.15, -0.1) is 0 Å². The maximum absolute atomic E-state index is 14.3. The predicted molar refractivity (Wildman–Crippen MR) is 155 cm³/mol. The Labute approximate surface area is 245 Å². The topological polar surface area (TPSA) is 86.1 Å². The molecule has 0 spiro atoms. The lowest BCUT2D eigenvalue weighted by Crippen LogP contribution is -2.41. The third-order valence-electron chi connectivity index (χ3n) is 9.46. The summed E-state index contributed by atoms with van der Waals surface area (Å²) in [5.41, 5.74) is 2.00. The molecule has 2 aliphatic heterocycles. The summed E-state index contributed by atoms with van der Waals surface area (Å²) in [6.07, 6.45) is 3.12. The molecule has 8 nitrogen and oxygen atoms in total. The second-order valence-electron chi connectivity index (χ2n) is 12.8. The third-order valence-corrected chi connectivity index (χ3v) is 9.46. The molecule has 2 saturated heterocycles. The normalized spacial score (nSPS) is 27.1. The number of hydrogen-bond acceptors (Lipinski definition) is 7. The summed E-state index contributed by atoms with van der Waals surface area (Å²) in [7, 11) is -0.542. The van der Waals surface area contributed by atoms with Crippen LogP contribution in [0, 0.1) is 11.6 Å². The zero-order valence-electron chi connectivity index (χ0n) is 24.8. The summed E-state index contributed by atoms with van der Waals surface area (Å²) in [4.78, 5) is 18.4. The number of aliphatic hydroxyl groups is 1. The Balaban J connectivity index is 1.41. The number of fused-ring (bicyclic) bond motifs is 1. The van der Waals surface area contributed by atoms with Gasteiger partial charge < -0.3 is 28.6 Å². The van der Waals surface area contributed by atoms with Crippen LogP contribution in [-0.2, 0) is 18.8 Å². The van der Waals surface area contributed by atoms with Gasteiger partial charge >= 0.3 is 13.1 Å². The average molecular weight is 581 g/mol. The van der Waals surface area contributed by atoms with Crippen LogP contribution < -0.4 is 10.4 Å². The molecule has 1 aromatic heterocycles. The smallest absolute Gasteiger partial charge is 0.463 e. The first kappa shape index (κ1) is 29.1. The number of anilines is 1. The number of esters is 1. The molecule has 3 heterocycles. The number of ether oxygens (including phenoxy) is 1. The molecule has 1 aliphatic carbocycles. The van der Waals surface area contributed by atoms with E-state index in [-0.39, 0.29) is 24.2 Å². The van der Waals surface area contributed by atoms with Gasteiger partial charge in [-0.05, 0) is 95.9 Å². The Kier molecular flexibility index (Phi) is 7.34. The van der Waals surface area contributed by atoms with E-state index in [1.54, 1.807) is 4.90 Å². The van der Waals surface area contributed by atoms with Crippen LogP contribution in [0.5, 0.6) is 0 Å². The highest BCUT2D eigenvalue weighted by molar-refractivity contribution is 6.62. The highest BCUT2D eigenvalue weighted by Crippen LogP contribution is 2.43. The molecular weight excluding hydrogens is 543 g/mol. The van der Waals surface area contributed by atoms with E-state index in [0.29, 0.717) is 18.5 Å². The van der Waals surface area contributed by atoms with Crippen molar-refractivity contribution >= 4 is 35.3 Å². The zero-order valence-corrected chi connectivity index (χ0v) is 24.8. The van der Waals surface area contributed by atoms with Gasteiger partial charge in [-0.2, -0.15) is 0 Å². The highest BCUT2D eigenvalue weighted by Gasteiger charge is 2.52. The molecule has 1 saturated carbocycles. The van der Waals surface area contributed by atoms with E-state index in [9.17, 15) is 18.7 Å². The van der Waals surface area contributed by atoms with Crippen LogP contribution in [0.1, 0.15) is 91.1 Å². The van der Waals surface area contributed by atoms with Crippen molar-refractivity contribution in [2.24, 2.45) is 0 Å². The lowest BCUT2D eigenvalue weighted by Gasteiger charge is -2.34. The van der Waals surface area contributed by atoms with Crippen molar-refractivity contribution in [3.8, 4) is 0 Å². The molecule has 3 aromatic rings. The van der Waals surface area contributed by atoms with E-state index in [0.717, 1.165) is 60.1 Å². The van der Waals surface area contributed by atoms with Gasteiger partial charge in [-0.1, -0.05) is 6.07 Å². The van der Waals surface area contributed by atoms with E-state index in [1.807, 2.05) is 45.9 Å². The van der Waals surface area contributed by atoms with Gasteiger partial charge in [-0.25, -0.2) is 13.8 Å². The minimum absolute atomic E-state index is 0.0871. The number of carbonyl (C=O) groups excluding carboxylic acids is 1. The molecule has 3 fully saturated rings. The fourth-order valence-electron chi connectivity index (χ4n) is 6.58. The maximum atomic E-state index is 14.3. The van der Waals surface area contributed by atoms with Crippen molar-refractivity contribution in [1.82, 2.24) is 9.55 Å². The first-order valence-corrected chi connectivity index (χ1v) is 14.8. The Morgan fingerprint density at radius 1 is 0.976 bits per heavy atom. The third kappa shape index (κ3) is 5.09. The Morgan fingerprint density at radius 2 is 1.67 bits per heavy atom. The van der Waals surface area contributed by atoms with E-state index in [1.165, 1.54) is 13.0 Å². The Hall–Kier alpha value is -3.02. The molecule has 2 aromatic carbocycles. The average Bonchev–Trinajstić information content (AvgIpc) is 3.55. The Bertz CT molecular complexity index is 1490. The van der Waals surface area contributed by atoms with E-state index < -0.39 is 36.2 Å². The van der Waals surface area contributed by atoms with Crippen LogP contribution in [0.15, 0.2) is 36.4 Å². The molecule has 1 unspecified atom stereocenters. The van der Waals surface area contributed by atoms with Crippen LogP contribution in [0.25, 0.3) is 11.0 Å². The van der Waals surface area contributed by atoms with Crippen LogP contribution >= 0.6 is 0 Å². The monoisotopic (exact) mass is 581 g/mol. The van der Waals surface area contributed by atoms with Crippen molar-refractivity contribution in [3.05, 3.63) is 53.9 Å². The number of aromatic nitrogens is 2. The summed E-state index contributed by atoms with van der Waals surface area (Å²) >= 11 is 0. The molecule has 11 heteroatoms. The van der Waals surface area contributed by atoms with E-state index in [4.69, 9.17) is 19.0 Å². The minimum Gasteiger partial charge on any atom is -0.463 e. The lowest BCUT2D eigenvalue weighted by molar-refractivity contribution is -0.148. The van der Waals surface area contributed by atoms with Crippen LogP contribution in [0.3, 0.4) is 0 Å². The van der Waals surface area contributed by atoms with Crippen molar-refractivity contribution in [2.75, 3.05) is 4.90 Å². The first-order valence-electron chi connectivity index (χ1n) is 14.8. The summed E-state index contributed by atoms with van der Waals surface area (Å²) in [6, 6.07) is 9.48. The van der Waals surface area contributed by atoms with Crippen molar-refractivity contribution in [1.29, 1.82) is 0 Å². The second-order valence-corrected chi connectivity index (χ2v) is 12.8. The number of carbonyl (C=O) groups is 1. The molecule has 0 bridgehead atoms. The number of benzene rings is 2. The van der Waals surface area contributed by atoms with Gasteiger partial charge in [0.1, 0.15) is 18.2 Å². The number of halogens is 2. The molecule has 6 rings (SSSR count). The molecular formula is C31H38BF2N3O5. The largest absolute Gasteiger partial charge is 0.494 e. The number of imidazole rings is 1. The van der Waals surface area contributed by atoms with Crippen molar-refractivity contribution < 1.29 is 32.7 Å². The van der Waals surface area contributed by atoms with Gasteiger partial charge in [-0.3, -0.25) is 4.79 Å². The van der Waals surface area contributed by atoms with Crippen molar-refractivity contribution in [3.63, 3.8) is 0 Å². The van der Waals surface area contributed by atoms with Gasteiger partial charge in [0.05, 0.1) is 28.3 Å². The Morgan fingerprint density at radius 3 is 2.31 bits per heavy atom. The van der Waals surface area contributed by atoms with Gasteiger partial charge in [0, 0.05) is 24.7 Å². The minimum atomic E-state index is -0.963. The quantitative estimate of drug-likeness (QED) is 0.323. The number of aliphatic hydroxyl groups excluding tert-OH is 1. The van der Waals surface area contributed by atoms with Gasteiger partial charge in [0.15, 0.2) is 11.6 Å². The SMILES string of the molecule is CC(=O)OC1CCC(n2c([C@@H]3CCC(O)N3c3ccc(F)c(F)c3)nc3cc(B4OC(C)(C)C(C)(C)O4)ccc32)CC1. The van der Waals surface area contributed by atoms with Crippen LogP contribution in [-0.4, -0.2) is 51.3 Å².